The quantitative estimate of drug-likeness (QED) is 0.781. The van der Waals surface area contributed by atoms with Crippen LogP contribution < -0.4 is 4.74 Å². The summed E-state index contributed by atoms with van der Waals surface area (Å²) in [6.07, 6.45) is 3.21. The molecule has 0 aliphatic carbocycles. The number of ether oxygens (including phenoxy) is 1. The van der Waals surface area contributed by atoms with Crippen LogP contribution in [0.2, 0.25) is 5.02 Å². The molecule has 0 aromatic heterocycles. The number of amides is 1. The molecule has 2 aromatic rings. The first kappa shape index (κ1) is 12.8. The molecule has 0 saturated heterocycles. The molecule has 0 saturated carbocycles. The van der Waals surface area contributed by atoms with Crippen molar-refractivity contribution in [2.24, 2.45) is 0 Å². The summed E-state index contributed by atoms with van der Waals surface area (Å²) in [5.74, 6) is 0.440. The fraction of sp³-hybridized carbons (Fsp3) is 0.0625. The highest BCUT2D eigenvalue weighted by molar-refractivity contribution is 6.30. The van der Waals surface area contributed by atoms with Gasteiger partial charge in [-0.25, -0.2) is 4.79 Å². The van der Waals surface area contributed by atoms with E-state index in [1.165, 1.54) is 4.90 Å². The normalized spacial score (nSPS) is 12.9. The Hall–Kier alpha value is -2.26. The molecule has 0 fully saturated rings. The summed E-state index contributed by atoms with van der Waals surface area (Å²) >= 11 is 5.86. The number of fused-ring (bicyclic) bond motifs is 1. The van der Waals surface area contributed by atoms with Gasteiger partial charge in [-0.05, 0) is 35.4 Å². The second-order valence-corrected chi connectivity index (χ2v) is 4.90. The number of hydrogen-bond acceptors (Lipinski definition) is 2. The van der Waals surface area contributed by atoms with E-state index in [1.807, 2.05) is 30.3 Å². The smallest absolute Gasteiger partial charge is 0.410 e. The van der Waals surface area contributed by atoms with Crippen LogP contribution in [0.5, 0.6) is 5.75 Å². The number of nitrogens with zero attached hydrogens (tertiary/aromatic N) is 1. The van der Waals surface area contributed by atoms with Gasteiger partial charge in [-0.15, -0.1) is 0 Å². The number of halogens is 1. The van der Waals surface area contributed by atoms with Crippen LogP contribution in [0.3, 0.4) is 0 Å². The Morgan fingerprint density at radius 1 is 1.15 bits per heavy atom. The lowest BCUT2D eigenvalue weighted by atomic mass is 10.1. The van der Waals surface area contributed by atoms with Crippen LogP contribution in [0.15, 0.2) is 54.7 Å². The maximum Gasteiger partial charge on any atom is 0.419 e. The minimum atomic E-state index is -0.419. The van der Waals surface area contributed by atoms with E-state index < -0.39 is 6.09 Å². The van der Waals surface area contributed by atoms with Gasteiger partial charge in [-0.1, -0.05) is 41.9 Å². The third kappa shape index (κ3) is 2.68. The van der Waals surface area contributed by atoms with E-state index in [0.717, 1.165) is 11.1 Å². The van der Waals surface area contributed by atoms with Crippen LogP contribution in [0.25, 0.3) is 6.08 Å². The molecule has 4 heteroatoms. The number of hydrogen-bond donors (Lipinski definition) is 0. The molecule has 0 N–H and O–H groups in total. The number of rotatable bonds is 1. The van der Waals surface area contributed by atoms with Crippen LogP contribution in [0.4, 0.5) is 4.79 Å². The van der Waals surface area contributed by atoms with E-state index in [1.54, 1.807) is 30.5 Å². The van der Waals surface area contributed by atoms with Crippen molar-refractivity contribution in [1.82, 2.24) is 4.90 Å². The molecule has 0 unspecified atom stereocenters. The van der Waals surface area contributed by atoms with Gasteiger partial charge < -0.3 is 4.74 Å². The van der Waals surface area contributed by atoms with Gasteiger partial charge in [0.15, 0.2) is 0 Å². The van der Waals surface area contributed by atoms with Crippen molar-refractivity contribution in [3.05, 3.63) is 70.9 Å². The lowest BCUT2D eigenvalue weighted by Gasteiger charge is -2.22. The Labute approximate surface area is 122 Å². The van der Waals surface area contributed by atoms with Gasteiger partial charge in [-0.2, -0.15) is 0 Å². The molecule has 100 valence electrons. The van der Waals surface area contributed by atoms with Gasteiger partial charge >= 0.3 is 6.09 Å². The van der Waals surface area contributed by atoms with E-state index in [9.17, 15) is 4.79 Å². The summed E-state index contributed by atoms with van der Waals surface area (Å²) in [7, 11) is 0. The third-order valence-corrected chi connectivity index (χ3v) is 3.30. The molecule has 1 amide bonds. The number of carbonyl (C=O) groups is 1. The highest BCUT2D eigenvalue weighted by atomic mass is 35.5. The van der Waals surface area contributed by atoms with Crippen molar-refractivity contribution in [3.63, 3.8) is 0 Å². The molecule has 1 aliphatic rings. The SMILES string of the molecule is O=C(Oc1cccc(Cl)c1)N1C=Cc2ccccc2C1. The van der Waals surface area contributed by atoms with Crippen LogP contribution in [-0.2, 0) is 6.54 Å². The highest BCUT2D eigenvalue weighted by Gasteiger charge is 2.18. The summed E-state index contributed by atoms with van der Waals surface area (Å²) in [6.45, 7) is 0.506. The zero-order valence-electron chi connectivity index (χ0n) is 10.6. The van der Waals surface area contributed by atoms with Crippen molar-refractivity contribution < 1.29 is 9.53 Å². The summed E-state index contributed by atoms with van der Waals surface area (Å²) < 4.78 is 5.30. The lowest BCUT2D eigenvalue weighted by Crippen LogP contribution is -2.30. The van der Waals surface area contributed by atoms with Gasteiger partial charge in [0, 0.05) is 11.2 Å². The fourth-order valence-corrected chi connectivity index (χ4v) is 2.24. The molecule has 0 bridgehead atoms. The topological polar surface area (TPSA) is 29.5 Å². The Morgan fingerprint density at radius 3 is 2.85 bits per heavy atom. The van der Waals surface area contributed by atoms with Crippen molar-refractivity contribution in [3.8, 4) is 5.75 Å². The first-order valence-corrected chi connectivity index (χ1v) is 6.60. The van der Waals surface area contributed by atoms with Crippen LogP contribution >= 0.6 is 11.6 Å². The summed E-state index contributed by atoms with van der Waals surface area (Å²) in [4.78, 5) is 13.6. The monoisotopic (exact) mass is 285 g/mol. The molecular weight excluding hydrogens is 274 g/mol. The largest absolute Gasteiger partial charge is 0.419 e. The second-order valence-electron chi connectivity index (χ2n) is 4.47. The molecular formula is C16H12ClNO2. The van der Waals surface area contributed by atoms with Crippen molar-refractivity contribution in [2.75, 3.05) is 0 Å². The highest BCUT2D eigenvalue weighted by Crippen LogP contribution is 2.22. The van der Waals surface area contributed by atoms with Crippen molar-refractivity contribution in [1.29, 1.82) is 0 Å². The average molecular weight is 286 g/mol. The van der Waals surface area contributed by atoms with Gasteiger partial charge in [0.05, 0.1) is 6.54 Å². The zero-order chi connectivity index (χ0) is 13.9. The molecule has 3 rings (SSSR count). The zero-order valence-corrected chi connectivity index (χ0v) is 11.4. The molecule has 1 aliphatic heterocycles. The average Bonchev–Trinajstić information content (AvgIpc) is 2.47. The molecule has 20 heavy (non-hydrogen) atoms. The standard InChI is InChI=1S/C16H12ClNO2/c17-14-6-3-7-15(10-14)20-16(19)18-9-8-12-4-1-2-5-13(12)11-18/h1-10H,11H2. The first-order chi connectivity index (χ1) is 9.72. The lowest BCUT2D eigenvalue weighted by molar-refractivity contribution is 0.167. The van der Waals surface area contributed by atoms with E-state index >= 15 is 0 Å². The Morgan fingerprint density at radius 2 is 2.00 bits per heavy atom. The molecule has 3 nitrogen and oxygen atoms in total. The van der Waals surface area contributed by atoms with Crippen LogP contribution in [-0.4, -0.2) is 11.0 Å². The predicted molar refractivity (Wildman–Crippen MR) is 78.5 cm³/mol. The molecule has 2 aromatic carbocycles. The van der Waals surface area contributed by atoms with Crippen molar-refractivity contribution in [2.45, 2.75) is 6.54 Å². The van der Waals surface area contributed by atoms with Crippen LogP contribution in [0.1, 0.15) is 11.1 Å². The first-order valence-electron chi connectivity index (χ1n) is 6.22. The third-order valence-electron chi connectivity index (χ3n) is 3.07. The molecule has 0 atom stereocenters. The minimum absolute atomic E-state index is 0.419. The minimum Gasteiger partial charge on any atom is -0.410 e. The van der Waals surface area contributed by atoms with Crippen LogP contribution in [0, 0.1) is 0 Å². The Balaban J connectivity index is 1.74. The maximum atomic E-state index is 12.1. The summed E-state index contributed by atoms with van der Waals surface area (Å²) in [5.41, 5.74) is 2.22. The second kappa shape index (κ2) is 5.39. The molecule has 0 spiro atoms. The van der Waals surface area contributed by atoms with Gasteiger partial charge in [0.25, 0.3) is 0 Å². The van der Waals surface area contributed by atoms with E-state index in [0.29, 0.717) is 17.3 Å². The number of carbonyl (C=O) groups excluding carboxylic acids is 1. The van der Waals surface area contributed by atoms with Crippen molar-refractivity contribution >= 4 is 23.8 Å². The van der Waals surface area contributed by atoms with E-state index in [2.05, 4.69) is 0 Å². The summed E-state index contributed by atoms with van der Waals surface area (Å²) in [5, 5.41) is 0.537. The molecule has 0 radical (unpaired) electrons. The van der Waals surface area contributed by atoms with Gasteiger partial charge in [-0.3, -0.25) is 4.90 Å². The Bertz CT molecular complexity index is 682. The fourth-order valence-electron chi connectivity index (χ4n) is 2.06. The Kier molecular flexibility index (Phi) is 3.44. The van der Waals surface area contributed by atoms with Gasteiger partial charge in [0.1, 0.15) is 5.75 Å². The summed E-state index contributed by atoms with van der Waals surface area (Å²) in [6, 6.07) is 14.7. The van der Waals surface area contributed by atoms with E-state index in [-0.39, 0.29) is 0 Å². The van der Waals surface area contributed by atoms with E-state index in [4.69, 9.17) is 16.3 Å². The predicted octanol–water partition coefficient (Wildman–Crippen LogP) is 4.33. The number of benzene rings is 2. The maximum absolute atomic E-state index is 12.1. The van der Waals surface area contributed by atoms with Gasteiger partial charge in [0.2, 0.25) is 0 Å². The molecule has 1 heterocycles.